The molecule has 0 bridgehead atoms. The van der Waals surface area contributed by atoms with Crippen molar-refractivity contribution in [3.05, 3.63) is 125 Å². The van der Waals surface area contributed by atoms with Gasteiger partial charge in [-0.05, 0) is 59.9 Å². The van der Waals surface area contributed by atoms with Crippen LogP contribution in [0.15, 0.2) is 103 Å². The van der Waals surface area contributed by atoms with Crippen LogP contribution in [0.3, 0.4) is 0 Å². The van der Waals surface area contributed by atoms with Crippen molar-refractivity contribution >= 4 is 12.1 Å². The lowest BCUT2D eigenvalue weighted by atomic mass is 10.0. The molecule has 0 unspecified atom stereocenters. The number of benzene rings is 4. The number of ether oxygens (including phenoxy) is 2. The quantitative estimate of drug-likeness (QED) is 0.198. The third-order valence-corrected chi connectivity index (χ3v) is 6.79. The second kappa shape index (κ2) is 14.1. The zero-order valence-electron chi connectivity index (χ0n) is 22.5. The summed E-state index contributed by atoms with van der Waals surface area (Å²) in [5, 5.41) is 14.1. The maximum Gasteiger partial charge on any atom is 0.211 e. The molecule has 0 radical (unpaired) electrons. The summed E-state index contributed by atoms with van der Waals surface area (Å²) in [7, 11) is 1.67. The van der Waals surface area contributed by atoms with Crippen LogP contribution in [0.25, 0.3) is 0 Å². The van der Waals surface area contributed by atoms with Crippen LogP contribution in [0, 0.1) is 0 Å². The van der Waals surface area contributed by atoms with Gasteiger partial charge in [0, 0.05) is 19.1 Å². The van der Waals surface area contributed by atoms with Gasteiger partial charge in [0.1, 0.15) is 18.1 Å². The molecule has 202 valence electrons. The largest absolute Gasteiger partial charge is 0.497 e. The summed E-state index contributed by atoms with van der Waals surface area (Å²) in [4.78, 5) is 13.6. The van der Waals surface area contributed by atoms with Gasteiger partial charge in [-0.15, -0.1) is 0 Å². The van der Waals surface area contributed by atoms with Crippen molar-refractivity contribution in [1.82, 2.24) is 4.90 Å². The predicted molar refractivity (Wildman–Crippen MR) is 155 cm³/mol. The molecule has 0 saturated heterocycles. The number of carbonyl (C=O) groups is 1. The first kappa shape index (κ1) is 27.9. The first-order valence-corrected chi connectivity index (χ1v) is 13.2. The summed E-state index contributed by atoms with van der Waals surface area (Å²) in [6, 6.07) is 33.8. The predicted octanol–water partition coefficient (Wildman–Crippen LogP) is 6.01. The molecule has 0 aromatic heterocycles. The number of nitrogens with zero attached hydrogens (tertiary/aromatic N) is 1. The SMILES string of the molecule is COc1ccc(C[C@@H](C)N(Cc2ccccc2)C[C@@H](O)c2ccc(OCc3ccccc3)c(NC=O)c2)cc1. The Hall–Kier alpha value is -4.13. The monoisotopic (exact) mass is 524 g/mol. The van der Waals surface area contributed by atoms with Crippen molar-refractivity contribution < 1.29 is 19.4 Å². The number of aliphatic hydroxyl groups excluding tert-OH is 1. The molecule has 0 heterocycles. The smallest absolute Gasteiger partial charge is 0.211 e. The average Bonchev–Trinajstić information content (AvgIpc) is 2.97. The number of rotatable bonds is 14. The van der Waals surface area contributed by atoms with E-state index in [0.717, 1.165) is 17.7 Å². The first-order chi connectivity index (χ1) is 19.1. The third kappa shape index (κ3) is 8.18. The van der Waals surface area contributed by atoms with Crippen LogP contribution in [0.2, 0.25) is 0 Å². The van der Waals surface area contributed by atoms with Gasteiger partial charge in [0.25, 0.3) is 0 Å². The lowest BCUT2D eigenvalue weighted by molar-refractivity contribution is -0.105. The van der Waals surface area contributed by atoms with Gasteiger partial charge >= 0.3 is 0 Å². The summed E-state index contributed by atoms with van der Waals surface area (Å²) in [6.45, 7) is 3.69. The maximum absolute atomic E-state index is 11.3. The number of carbonyl (C=O) groups excluding carboxylic acids is 1. The summed E-state index contributed by atoms with van der Waals surface area (Å²) in [6.07, 6.45) is 0.690. The van der Waals surface area contributed by atoms with Gasteiger partial charge in [0.2, 0.25) is 6.41 Å². The maximum atomic E-state index is 11.3. The van der Waals surface area contributed by atoms with Gasteiger partial charge in [-0.2, -0.15) is 0 Å². The number of anilines is 1. The highest BCUT2D eigenvalue weighted by molar-refractivity contribution is 5.76. The number of nitrogens with one attached hydrogen (secondary N) is 1. The Bertz CT molecular complexity index is 1300. The van der Waals surface area contributed by atoms with Gasteiger partial charge in [0.15, 0.2) is 0 Å². The first-order valence-electron chi connectivity index (χ1n) is 13.2. The second-order valence-electron chi connectivity index (χ2n) is 9.62. The van der Waals surface area contributed by atoms with E-state index >= 15 is 0 Å². The summed E-state index contributed by atoms with van der Waals surface area (Å²) >= 11 is 0. The molecule has 0 aliphatic carbocycles. The minimum Gasteiger partial charge on any atom is -0.497 e. The van der Waals surface area contributed by atoms with Crippen LogP contribution in [-0.2, 0) is 24.4 Å². The minimum absolute atomic E-state index is 0.161. The second-order valence-corrected chi connectivity index (χ2v) is 9.62. The topological polar surface area (TPSA) is 71.0 Å². The number of hydrogen-bond donors (Lipinski definition) is 2. The van der Waals surface area contributed by atoms with Crippen molar-refractivity contribution in [3.8, 4) is 11.5 Å². The standard InChI is InChI=1S/C33H36N2O4/c1-25(19-26-13-16-30(38-2)17-14-26)35(21-27-9-5-3-6-10-27)22-32(37)29-15-18-33(31(20-29)34-24-36)39-23-28-11-7-4-8-12-28/h3-18,20,24-25,32,37H,19,21-23H2,1-2H3,(H,34,36)/t25-,32-/m1/s1. The van der Waals surface area contributed by atoms with E-state index in [9.17, 15) is 9.90 Å². The molecule has 0 saturated carbocycles. The molecule has 4 rings (SSSR count). The Morgan fingerprint density at radius 2 is 1.54 bits per heavy atom. The van der Waals surface area contributed by atoms with Crippen LogP contribution >= 0.6 is 0 Å². The van der Waals surface area contributed by atoms with E-state index in [4.69, 9.17) is 9.47 Å². The summed E-state index contributed by atoms with van der Waals surface area (Å²) in [5.41, 5.74) is 4.65. The van der Waals surface area contributed by atoms with E-state index in [1.807, 2.05) is 66.7 Å². The van der Waals surface area contributed by atoms with Gasteiger partial charge in [-0.25, -0.2) is 0 Å². The van der Waals surface area contributed by atoms with Gasteiger partial charge < -0.3 is 19.9 Å². The highest BCUT2D eigenvalue weighted by Crippen LogP contribution is 2.30. The molecule has 2 atom stereocenters. The van der Waals surface area contributed by atoms with Crippen molar-refractivity contribution in [1.29, 1.82) is 0 Å². The van der Waals surface area contributed by atoms with Gasteiger partial charge in [-0.1, -0.05) is 78.9 Å². The fourth-order valence-electron chi connectivity index (χ4n) is 4.57. The fourth-order valence-corrected chi connectivity index (χ4v) is 4.57. The van der Waals surface area contributed by atoms with E-state index in [2.05, 4.69) is 41.4 Å². The van der Waals surface area contributed by atoms with Crippen LogP contribution in [0.5, 0.6) is 11.5 Å². The number of aliphatic hydroxyl groups is 1. The van der Waals surface area contributed by atoms with Crippen LogP contribution in [-0.4, -0.2) is 36.1 Å². The van der Waals surface area contributed by atoms with Crippen LogP contribution in [0.4, 0.5) is 5.69 Å². The Morgan fingerprint density at radius 1 is 0.872 bits per heavy atom. The Labute approximate surface area is 230 Å². The Kier molecular flexibility index (Phi) is 10.1. The molecule has 2 N–H and O–H groups in total. The molecular weight excluding hydrogens is 488 g/mol. The van der Waals surface area contributed by atoms with Gasteiger partial charge in [0.05, 0.1) is 18.9 Å². The highest BCUT2D eigenvalue weighted by Gasteiger charge is 2.21. The molecule has 0 fully saturated rings. The summed E-state index contributed by atoms with van der Waals surface area (Å²) in [5.74, 6) is 1.38. The minimum atomic E-state index is -0.762. The van der Waals surface area contributed by atoms with E-state index in [1.54, 1.807) is 19.2 Å². The number of amides is 1. The number of methoxy groups -OCH3 is 1. The number of hydrogen-bond acceptors (Lipinski definition) is 5. The molecule has 4 aromatic carbocycles. The zero-order chi connectivity index (χ0) is 27.5. The lowest BCUT2D eigenvalue weighted by Crippen LogP contribution is -2.37. The lowest BCUT2D eigenvalue weighted by Gasteiger charge is -2.31. The van der Waals surface area contributed by atoms with Crippen LogP contribution in [0.1, 0.15) is 35.3 Å². The molecule has 0 spiro atoms. The van der Waals surface area contributed by atoms with Crippen molar-refractivity contribution in [3.63, 3.8) is 0 Å². The van der Waals surface area contributed by atoms with Crippen molar-refractivity contribution in [2.24, 2.45) is 0 Å². The molecule has 6 nitrogen and oxygen atoms in total. The fraction of sp³-hybridized carbons (Fsp3) is 0.242. The average molecular weight is 525 g/mol. The van der Waals surface area contributed by atoms with E-state index in [-0.39, 0.29) is 6.04 Å². The molecule has 0 aliphatic heterocycles. The normalized spacial score (nSPS) is 12.5. The Morgan fingerprint density at radius 3 is 2.18 bits per heavy atom. The van der Waals surface area contributed by atoms with Crippen molar-refractivity contribution in [2.45, 2.75) is 38.6 Å². The molecule has 6 heteroatoms. The third-order valence-electron chi connectivity index (χ3n) is 6.79. The highest BCUT2D eigenvalue weighted by atomic mass is 16.5. The van der Waals surface area contributed by atoms with Crippen molar-refractivity contribution in [2.75, 3.05) is 19.0 Å². The van der Waals surface area contributed by atoms with E-state index in [0.29, 0.717) is 43.1 Å². The van der Waals surface area contributed by atoms with E-state index in [1.165, 1.54) is 11.1 Å². The van der Waals surface area contributed by atoms with E-state index < -0.39 is 6.10 Å². The molecule has 0 aliphatic rings. The molecule has 1 amide bonds. The zero-order valence-corrected chi connectivity index (χ0v) is 22.5. The van der Waals surface area contributed by atoms with Crippen LogP contribution < -0.4 is 14.8 Å². The Balaban J connectivity index is 1.50. The molecule has 4 aromatic rings. The summed E-state index contributed by atoms with van der Waals surface area (Å²) < 4.78 is 11.3. The molecular formula is C33H36N2O4. The van der Waals surface area contributed by atoms with Gasteiger partial charge in [-0.3, -0.25) is 9.69 Å². The molecule has 39 heavy (non-hydrogen) atoms.